The van der Waals surface area contributed by atoms with Gasteiger partial charge < -0.3 is 10.6 Å². The van der Waals surface area contributed by atoms with Crippen molar-refractivity contribution in [3.63, 3.8) is 0 Å². The highest BCUT2D eigenvalue weighted by Gasteiger charge is 2.53. The minimum Gasteiger partial charge on any atom is -0.350 e. The fourth-order valence-corrected chi connectivity index (χ4v) is 5.27. The summed E-state index contributed by atoms with van der Waals surface area (Å²) in [6, 6.07) is 9.27. The van der Waals surface area contributed by atoms with Crippen LogP contribution in [0, 0.1) is 18.3 Å². The van der Waals surface area contributed by atoms with Crippen LogP contribution in [0.15, 0.2) is 30.3 Å². The van der Waals surface area contributed by atoms with Crippen LogP contribution in [0.2, 0.25) is 0 Å². The third-order valence-corrected chi connectivity index (χ3v) is 7.81. The van der Waals surface area contributed by atoms with E-state index in [4.69, 9.17) is 0 Å². The number of urea groups is 1. The Labute approximate surface area is 195 Å². The second-order valence-electron chi connectivity index (χ2n) is 10.2. The van der Waals surface area contributed by atoms with Gasteiger partial charge in [0.15, 0.2) is 0 Å². The van der Waals surface area contributed by atoms with Gasteiger partial charge in [0.25, 0.3) is 5.91 Å². The predicted molar refractivity (Wildman–Crippen MR) is 127 cm³/mol. The second-order valence-corrected chi connectivity index (χ2v) is 10.2. The molecule has 0 bridgehead atoms. The summed E-state index contributed by atoms with van der Waals surface area (Å²) >= 11 is 0. The number of hydrogen-bond acceptors (Lipinski definition) is 4. The molecule has 1 saturated heterocycles. The molecule has 0 unspecified atom stereocenters. The van der Waals surface area contributed by atoms with E-state index in [-0.39, 0.29) is 23.8 Å². The van der Waals surface area contributed by atoms with E-state index in [0.29, 0.717) is 25.3 Å². The predicted octanol–water partition coefficient (Wildman–Crippen LogP) is 4.08. The van der Waals surface area contributed by atoms with Crippen LogP contribution in [0.4, 0.5) is 4.79 Å². The zero-order valence-corrected chi connectivity index (χ0v) is 20.0. The molecule has 176 valence electrons. The van der Waals surface area contributed by atoms with Crippen molar-refractivity contribution in [2.75, 3.05) is 6.54 Å². The first-order valence-corrected chi connectivity index (χ1v) is 11.9. The molecule has 1 saturated carbocycles. The van der Waals surface area contributed by atoms with E-state index >= 15 is 0 Å². The van der Waals surface area contributed by atoms with Gasteiger partial charge in [0.05, 0.1) is 5.52 Å². The van der Waals surface area contributed by atoms with Crippen molar-refractivity contribution in [3.8, 4) is 0 Å². The SMILES string of the molecule is CCC(C)(C)C1CCC2(CC1)NC(=O)N(CC(=O)NCc1cc(C)nc3ccccc13)C2=O. The number of aromatic nitrogens is 1. The number of rotatable bonds is 6. The second kappa shape index (κ2) is 8.76. The number of carbonyl (C=O) groups excluding carboxylic acids is 3. The summed E-state index contributed by atoms with van der Waals surface area (Å²) in [5.41, 5.74) is 2.07. The van der Waals surface area contributed by atoms with Gasteiger partial charge in [0, 0.05) is 17.6 Å². The third-order valence-electron chi connectivity index (χ3n) is 7.81. The number of amides is 4. The standard InChI is InChI=1S/C26H34N4O3/c1-5-25(3,4)19-10-12-26(13-11-19)23(32)30(24(33)29-26)16-22(31)27-15-18-14-17(2)28-21-9-7-6-8-20(18)21/h6-9,14,19H,5,10-13,15-16H2,1-4H3,(H,27,31)(H,29,33). The maximum Gasteiger partial charge on any atom is 0.325 e. The van der Waals surface area contributed by atoms with Crippen LogP contribution < -0.4 is 10.6 Å². The Morgan fingerprint density at radius 2 is 1.94 bits per heavy atom. The molecule has 2 aromatic rings. The van der Waals surface area contributed by atoms with Crippen molar-refractivity contribution in [3.05, 3.63) is 41.6 Å². The fraction of sp³-hybridized carbons (Fsp3) is 0.538. The van der Waals surface area contributed by atoms with Crippen molar-refractivity contribution in [1.82, 2.24) is 20.5 Å². The Morgan fingerprint density at radius 1 is 1.24 bits per heavy atom. The lowest BCUT2D eigenvalue weighted by atomic mass is 9.65. The molecule has 4 rings (SSSR count). The number of benzene rings is 1. The normalized spacial score (nSPS) is 23.3. The molecule has 1 aliphatic carbocycles. The number of hydrogen-bond donors (Lipinski definition) is 2. The van der Waals surface area contributed by atoms with Gasteiger partial charge in [0.2, 0.25) is 5.91 Å². The van der Waals surface area contributed by atoms with Crippen molar-refractivity contribution in [1.29, 1.82) is 0 Å². The van der Waals surface area contributed by atoms with Gasteiger partial charge >= 0.3 is 6.03 Å². The Kier molecular flexibility index (Phi) is 6.16. The Morgan fingerprint density at radius 3 is 2.64 bits per heavy atom. The zero-order chi connectivity index (χ0) is 23.8. The monoisotopic (exact) mass is 450 g/mol. The van der Waals surface area contributed by atoms with E-state index in [0.717, 1.165) is 46.3 Å². The van der Waals surface area contributed by atoms with E-state index in [2.05, 4.69) is 36.4 Å². The average Bonchev–Trinajstić information content (AvgIpc) is 3.01. The van der Waals surface area contributed by atoms with E-state index in [1.165, 1.54) is 0 Å². The Bertz CT molecular complexity index is 1090. The number of fused-ring (bicyclic) bond motifs is 1. The van der Waals surface area contributed by atoms with Crippen LogP contribution in [0.5, 0.6) is 0 Å². The Balaban J connectivity index is 1.38. The summed E-state index contributed by atoms with van der Waals surface area (Å²) in [5, 5.41) is 6.77. The van der Waals surface area contributed by atoms with Crippen molar-refractivity contribution in [2.45, 2.75) is 71.9 Å². The molecule has 4 amide bonds. The summed E-state index contributed by atoms with van der Waals surface area (Å²) in [7, 11) is 0. The van der Waals surface area contributed by atoms with E-state index in [1.54, 1.807) is 0 Å². The maximum absolute atomic E-state index is 13.2. The van der Waals surface area contributed by atoms with Gasteiger partial charge in [0.1, 0.15) is 12.1 Å². The van der Waals surface area contributed by atoms with Gasteiger partial charge in [-0.15, -0.1) is 0 Å². The van der Waals surface area contributed by atoms with Crippen molar-refractivity contribution < 1.29 is 14.4 Å². The van der Waals surface area contributed by atoms with Crippen molar-refractivity contribution >= 4 is 28.7 Å². The number of aryl methyl sites for hydroxylation is 1. The van der Waals surface area contributed by atoms with Gasteiger partial charge in [-0.25, -0.2) is 4.79 Å². The Hall–Kier alpha value is -2.96. The first-order chi connectivity index (χ1) is 15.6. The molecule has 2 fully saturated rings. The number of para-hydroxylation sites is 1. The molecule has 7 nitrogen and oxygen atoms in total. The molecule has 33 heavy (non-hydrogen) atoms. The minimum atomic E-state index is -0.851. The summed E-state index contributed by atoms with van der Waals surface area (Å²) in [5.74, 6) is -0.0793. The molecule has 0 radical (unpaired) electrons. The van der Waals surface area contributed by atoms with Crippen LogP contribution in [-0.4, -0.2) is 39.8 Å². The molecule has 2 aliphatic rings. The summed E-state index contributed by atoms with van der Waals surface area (Å²) in [4.78, 5) is 44.1. The highest BCUT2D eigenvalue weighted by atomic mass is 16.2. The quantitative estimate of drug-likeness (QED) is 0.649. The first-order valence-electron chi connectivity index (χ1n) is 11.9. The van der Waals surface area contributed by atoms with Crippen LogP contribution in [-0.2, 0) is 16.1 Å². The highest BCUT2D eigenvalue weighted by Crippen LogP contribution is 2.45. The number of imide groups is 1. The lowest BCUT2D eigenvalue weighted by Gasteiger charge is -2.42. The van der Waals surface area contributed by atoms with E-state index < -0.39 is 11.6 Å². The van der Waals surface area contributed by atoms with E-state index in [9.17, 15) is 14.4 Å². The lowest BCUT2D eigenvalue weighted by molar-refractivity contribution is -0.136. The number of nitrogens with one attached hydrogen (secondary N) is 2. The first kappa shape index (κ1) is 23.2. The number of carbonyl (C=O) groups is 3. The van der Waals surface area contributed by atoms with Crippen LogP contribution in [0.3, 0.4) is 0 Å². The van der Waals surface area contributed by atoms with Crippen molar-refractivity contribution in [2.24, 2.45) is 11.3 Å². The molecule has 1 aliphatic heterocycles. The van der Waals surface area contributed by atoms with Crippen LogP contribution in [0.25, 0.3) is 10.9 Å². The molecule has 2 heterocycles. The largest absolute Gasteiger partial charge is 0.350 e. The zero-order valence-electron chi connectivity index (χ0n) is 20.0. The van der Waals surface area contributed by atoms with Gasteiger partial charge in [-0.2, -0.15) is 0 Å². The molecule has 2 N–H and O–H groups in total. The minimum absolute atomic E-state index is 0.225. The smallest absolute Gasteiger partial charge is 0.325 e. The van der Waals surface area contributed by atoms with Gasteiger partial charge in [-0.05, 0) is 61.6 Å². The molecule has 1 spiro atoms. The third kappa shape index (κ3) is 4.45. The average molecular weight is 451 g/mol. The topological polar surface area (TPSA) is 91.4 Å². The van der Waals surface area contributed by atoms with Gasteiger partial charge in [-0.3, -0.25) is 19.5 Å². The highest BCUT2D eigenvalue weighted by molar-refractivity contribution is 6.09. The van der Waals surface area contributed by atoms with Gasteiger partial charge in [-0.1, -0.05) is 45.4 Å². The molecule has 1 aromatic carbocycles. The van der Waals surface area contributed by atoms with Crippen LogP contribution >= 0.6 is 0 Å². The number of pyridine rings is 1. The molecular weight excluding hydrogens is 416 g/mol. The summed E-state index contributed by atoms with van der Waals surface area (Å²) < 4.78 is 0. The molecule has 1 aromatic heterocycles. The van der Waals surface area contributed by atoms with Crippen LogP contribution in [0.1, 0.15) is 64.1 Å². The fourth-order valence-electron chi connectivity index (χ4n) is 5.27. The lowest BCUT2D eigenvalue weighted by Crippen LogP contribution is -2.51. The summed E-state index contributed by atoms with van der Waals surface area (Å²) in [6.07, 6.45) is 4.16. The number of nitrogens with zero attached hydrogens (tertiary/aromatic N) is 2. The maximum atomic E-state index is 13.2. The molecule has 0 atom stereocenters. The molecular formula is C26H34N4O3. The summed E-state index contributed by atoms with van der Waals surface area (Å²) in [6.45, 7) is 8.71. The molecule has 7 heteroatoms. The van der Waals surface area contributed by atoms with E-state index in [1.807, 2.05) is 37.3 Å².